The summed E-state index contributed by atoms with van der Waals surface area (Å²) in [6.07, 6.45) is 0.675. The first kappa shape index (κ1) is 14.2. The minimum Gasteiger partial charge on any atom is -0.370 e. The molecule has 0 atom stereocenters. The lowest BCUT2D eigenvalue weighted by Crippen LogP contribution is -2.35. The zero-order valence-electron chi connectivity index (χ0n) is 10.4. The van der Waals surface area contributed by atoms with Crippen LogP contribution in [0.15, 0.2) is 30.6 Å². The van der Waals surface area contributed by atoms with E-state index in [0.717, 1.165) is 12.1 Å². The molecular weight excluding hydrogens is 238 g/mol. The predicted octanol–water partition coefficient (Wildman–Crippen LogP) is 2.44. The molecule has 0 radical (unpaired) electrons. The van der Waals surface area contributed by atoms with Crippen molar-refractivity contribution in [1.82, 2.24) is 5.32 Å². The monoisotopic (exact) mass is 254 g/mol. The summed E-state index contributed by atoms with van der Waals surface area (Å²) in [6.45, 7) is 7.62. The topological polar surface area (TPSA) is 32.3 Å². The van der Waals surface area contributed by atoms with Crippen LogP contribution in [0.25, 0.3) is 0 Å². The smallest absolute Gasteiger partial charge is 0.160 e. The van der Waals surface area contributed by atoms with Crippen molar-refractivity contribution < 1.29 is 13.6 Å². The Morgan fingerprint density at radius 2 is 2.11 bits per heavy atom. The van der Waals surface area contributed by atoms with Crippen molar-refractivity contribution in [1.29, 1.82) is 0 Å². The number of nitrogens with one attached hydrogen (secondary N) is 1. The highest BCUT2D eigenvalue weighted by Gasteiger charge is 2.13. The average Bonchev–Trinajstić information content (AvgIpc) is 2.29. The first-order valence-electron chi connectivity index (χ1n) is 5.57. The number of aldehydes is 1. The molecule has 1 aromatic carbocycles. The summed E-state index contributed by atoms with van der Waals surface area (Å²) >= 11 is 0. The van der Waals surface area contributed by atoms with Gasteiger partial charge in [0.1, 0.15) is 6.29 Å². The second-order valence-electron chi connectivity index (χ2n) is 4.12. The van der Waals surface area contributed by atoms with Crippen LogP contribution in [0.2, 0.25) is 0 Å². The summed E-state index contributed by atoms with van der Waals surface area (Å²) < 4.78 is 26.0. The van der Waals surface area contributed by atoms with E-state index in [2.05, 4.69) is 11.9 Å². The molecule has 0 spiro atoms. The molecule has 1 aromatic rings. The van der Waals surface area contributed by atoms with E-state index in [0.29, 0.717) is 17.8 Å². The zero-order chi connectivity index (χ0) is 13.7. The highest BCUT2D eigenvalue weighted by atomic mass is 19.2. The normalized spacial score (nSPS) is 10.3. The second kappa shape index (κ2) is 6.14. The molecule has 0 aliphatic heterocycles. The Morgan fingerprint density at radius 3 is 2.61 bits per heavy atom. The van der Waals surface area contributed by atoms with Gasteiger partial charge in [-0.1, -0.05) is 6.58 Å². The molecular formula is C13H16F2N2O. The molecule has 0 aliphatic carbocycles. The van der Waals surface area contributed by atoms with Gasteiger partial charge in [0, 0.05) is 17.8 Å². The molecule has 0 bridgehead atoms. The summed E-state index contributed by atoms with van der Waals surface area (Å²) in [5.41, 5.74) is 0.374. The van der Waals surface area contributed by atoms with Gasteiger partial charge in [0.05, 0.1) is 12.4 Å². The molecule has 1 N–H and O–H groups in total. The third-order valence-corrected chi connectivity index (χ3v) is 2.25. The molecule has 98 valence electrons. The van der Waals surface area contributed by atoms with Crippen molar-refractivity contribution in [3.63, 3.8) is 0 Å². The maximum atomic E-state index is 13.2. The van der Waals surface area contributed by atoms with E-state index >= 15 is 0 Å². The van der Waals surface area contributed by atoms with Gasteiger partial charge >= 0.3 is 0 Å². The van der Waals surface area contributed by atoms with Crippen LogP contribution in [0, 0.1) is 11.6 Å². The summed E-state index contributed by atoms with van der Waals surface area (Å²) in [7, 11) is 0. The van der Waals surface area contributed by atoms with Crippen molar-refractivity contribution >= 4 is 12.0 Å². The van der Waals surface area contributed by atoms with Gasteiger partial charge in [0.2, 0.25) is 0 Å². The number of anilines is 1. The van der Waals surface area contributed by atoms with E-state index in [-0.39, 0.29) is 12.6 Å². The van der Waals surface area contributed by atoms with Crippen molar-refractivity contribution in [3.05, 3.63) is 42.2 Å². The Balaban J connectivity index is 2.99. The highest BCUT2D eigenvalue weighted by molar-refractivity contribution is 5.64. The van der Waals surface area contributed by atoms with Crippen LogP contribution in [0.3, 0.4) is 0 Å². The van der Waals surface area contributed by atoms with Gasteiger partial charge in [-0.25, -0.2) is 8.78 Å². The molecule has 0 amide bonds. The lowest BCUT2D eigenvalue weighted by molar-refractivity contribution is -0.106. The number of hydrogen-bond donors (Lipinski definition) is 1. The number of nitrogens with zero attached hydrogens (tertiary/aromatic N) is 1. The zero-order valence-corrected chi connectivity index (χ0v) is 10.4. The van der Waals surface area contributed by atoms with E-state index in [9.17, 15) is 13.6 Å². The molecule has 0 aromatic heterocycles. The Bertz CT molecular complexity index is 447. The SMILES string of the molecule is C=C(NC(C)C)N(CC=O)c1ccc(F)c(F)c1. The molecule has 5 heteroatoms. The van der Waals surface area contributed by atoms with Gasteiger partial charge in [-0.3, -0.25) is 0 Å². The maximum absolute atomic E-state index is 13.2. The first-order chi connectivity index (χ1) is 8.45. The van der Waals surface area contributed by atoms with Crippen LogP contribution in [-0.4, -0.2) is 18.9 Å². The van der Waals surface area contributed by atoms with Crippen LogP contribution in [0.4, 0.5) is 14.5 Å². The number of carbonyl (C=O) groups excluding carboxylic acids is 1. The molecule has 18 heavy (non-hydrogen) atoms. The molecule has 0 unspecified atom stereocenters. The van der Waals surface area contributed by atoms with Crippen LogP contribution >= 0.6 is 0 Å². The van der Waals surface area contributed by atoms with Crippen molar-refractivity contribution in [3.8, 4) is 0 Å². The standard InChI is InChI=1S/C13H16F2N2O/c1-9(2)16-10(3)17(6-7-18)11-4-5-12(14)13(15)8-11/h4-5,7-9,16H,3,6H2,1-2H3. The quantitative estimate of drug-likeness (QED) is 0.791. The van der Waals surface area contributed by atoms with Crippen LogP contribution in [0.5, 0.6) is 0 Å². The van der Waals surface area contributed by atoms with Gasteiger partial charge in [-0.2, -0.15) is 0 Å². The van der Waals surface area contributed by atoms with Gasteiger partial charge < -0.3 is 15.0 Å². The third kappa shape index (κ3) is 3.55. The minimum absolute atomic E-state index is 0.0175. The fourth-order valence-corrected chi connectivity index (χ4v) is 1.51. The van der Waals surface area contributed by atoms with Gasteiger partial charge in [-0.05, 0) is 26.0 Å². The summed E-state index contributed by atoms with van der Waals surface area (Å²) in [6, 6.07) is 3.57. The van der Waals surface area contributed by atoms with Crippen LogP contribution < -0.4 is 10.2 Å². The minimum atomic E-state index is -0.958. The van der Waals surface area contributed by atoms with Crippen LogP contribution in [0.1, 0.15) is 13.8 Å². The fraction of sp³-hybridized carbons (Fsp3) is 0.308. The van der Waals surface area contributed by atoms with Gasteiger partial charge in [0.25, 0.3) is 0 Å². The fourth-order valence-electron chi connectivity index (χ4n) is 1.51. The Kier molecular flexibility index (Phi) is 4.83. The van der Waals surface area contributed by atoms with E-state index in [1.165, 1.54) is 11.0 Å². The lowest BCUT2D eigenvalue weighted by atomic mass is 10.2. The average molecular weight is 254 g/mol. The second-order valence-corrected chi connectivity index (χ2v) is 4.12. The van der Waals surface area contributed by atoms with Crippen molar-refractivity contribution in [2.45, 2.75) is 19.9 Å². The number of halogens is 2. The molecule has 0 heterocycles. The molecule has 1 rings (SSSR count). The maximum Gasteiger partial charge on any atom is 0.160 e. The van der Waals surface area contributed by atoms with E-state index < -0.39 is 11.6 Å². The Morgan fingerprint density at radius 1 is 1.44 bits per heavy atom. The largest absolute Gasteiger partial charge is 0.370 e. The number of benzene rings is 1. The first-order valence-corrected chi connectivity index (χ1v) is 5.57. The van der Waals surface area contributed by atoms with Crippen LogP contribution in [-0.2, 0) is 4.79 Å². The summed E-state index contributed by atoms with van der Waals surface area (Å²) in [4.78, 5) is 12.1. The van der Waals surface area contributed by atoms with E-state index in [1.54, 1.807) is 0 Å². The number of carbonyl (C=O) groups is 1. The van der Waals surface area contributed by atoms with Crippen molar-refractivity contribution in [2.24, 2.45) is 0 Å². The van der Waals surface area contributed by atoms with Gasteiger partial charge in [-0.15, -0.1) is 0 Å². The summed E-state index contributed by atoms with van der Waals surface area (Å²) in [5, 5.41) is 3.02. The number of rotatable bonds is 6. The number of hydrogen-bond acceptors (Lipinski definition) is 3. The molecule has 0 saturated carbocycles. The van der Waals surface area contributed by atoms with E-state index in [1.807, 2.05) is 13.8 Å². The molecule has 3 nitrogen and oxygen atoms in total. The Labute approximate surface area is 105 Å². The molecule has 0 saturated heterocycles. The summed E-state index contributed by atoms with van der Waals surface area (Å²) in [5.74, 6) is -1.42. The predicted molar refractivity (Wildman–Crippen MR) is 67.2 cm³/mol. The molecule has 0 fully saturated rings. The third-order valence-electron chi connectivity index (χ3n) is 2.25. The highest BCUT2D eigenvalue weighted by Crippen LogP contribution is 2.20. The van der Waals surface area contributed by atoms with E-state index in [4.69, 9.17) is 0 Å². The Hall–Kier alpha value is -1.91. The van der Waals surface area contributed by atoms with Gasteiger partial charge in [0.15, 0.2) is 11.6 Å². The van der Waals surface area contributed by atoms with Crippen molar-refractivity contribution in [2.75, 3.05) is 11.4 Å². The lowest BCUT2D eigenvalue weighted by Gasteiger charge is -2.27. The molecule has 0 aliphatic rings.